The topological polar surface area (TPSA) is 63.1 Å². The van der Waals surface area contributed by atoms with Gasteiger partial charge in [0.05, 0.1) is 11.3 Å². The number of benzene rings is 1. The molecule has 0 saturated carbocycles. The molecule has 0 aliphatic carbocycles. The third kappa shape index (κ3) is 3.88. The summed E-state index contributed by atoms with van der Waals surface area (Å²) in [6.45, 7) is 1.48. The van der Waals surface area contributed by atoms with Gasteiger partial charge in [-0.2, -0.15) is 13.2 Å². The number of nitrogens with zero attached hydrogens (tertiary/aromatic N) is 1. The number of amides is 1. The lowest BCUT2D eigenvalue weighted by molar-refractivity contribution is -0.137. The molecule has 2 N–H and O–H groups in total. The average Bonchev–Trinajstić information content (AvgIpc) is 2.76. The lowest BCUT2D eigenvalue weighted by Gasteiger charge is -2.12. The van der Waals surface area contributed by atoms with Crippen LogP contribution in [0.5, 0.6) is 0 Å². The number of nitrogens with one attached hydrogen (secondary N) is 2. The zero-order valence-electron chi connectivity index (χ0n) is 11.4. The van der Waals surface area contributed by atoms with E-state index < -0.39 is 17.6 Å². The van der Waals surface area contributed by atoms with E-state index in [1.165, 1.54) is 16.7 Å². The Morgan fingerprint density at radius 3 is 2.68 bits per heavy atom. The summed E-state index contributed by atoms with van der Waals surface area (Å²) in [5, 5.41) is 1.62. The van der Waals surface area contributed by atoms with Gasteiger partial charge >= 0.3 is 11.0 Å². The maximum absolute atomic E-state index is 12.6. The SMILES string of the molecule is Cc1csc(=O)n1CC(=O)NNc1cccc(C(F)(F)F)c1. The molecule has 0 saturated heterocycles. The number of aromatic nitrogens is 1. The standard InChI is InChI=1S/C13H12F3N3O2S/c1-8-7-22-12(21)19(8)6-11(20)18-17-10-4-2-3-9(5-10)13(14,15)16/h2-5,7,17H,6H2,1H3,(H,18,20). The van der Waals surface area contributed by atoms with Crippen molar-refractivity contribution in [2.75, 3.05) is 5.43 Å². The van der Waals surface area contributed by atoms with Crippen LogP contribution in [0.3, 0.4) is 0 Å². The van der Waals surface area contributed by atoms with Crippen LogP contribution in [0.15, 0.2) is 34.4 Å². The van der Waals surface area contributed by atoms with E-state index in [1.807, 2.05) is 0 Å². The minimum Gasteiger partial charge on any atom is -0.299 e. The monoisotopic (exact) mass is 331 g/mol. The predicted octanol–water partition coefficient (Wildman–Crippen LogP) is 2.38. The molecule has 5 nitrogen and oxygen atoms in total. The molecule has 0 unspecified atom stereocenters. The Morgan fingerprint density at radius 2 is 2.09 bits per heavy atom. The third-order valence-corrected chi connectivity index (χ3v) is 3.70. The normalized spacial score (nSPS) is 11.3. The highest BCUT2D eigenvalue weighted by atomic mass is 32.1. The van der Waals surface area contributed by atoms with E-state index in [9.17, 15) is 22.8 Å². The Hall–Kier alpha value is -2.29. The number of carbonyl (C=O) groups excluding carboxylic acids is 1. The zero-order chi connectivity index (χ0) is 16.3. The number of carbonyl (C=O) groups is 1. The second-order valence-electron chi connectivity index (χ2n) is 4.48. The summed E-state index contributed by atoms with van der Waals surface area (Å²) in [6.07, 6.45) is -4.46. The Labute approximate surface area is 127 Å². The van der Waals surface area contributed by atoms with Gasteiger partial charge in [0, 0.05) is 11.1 Å². The second kappa shape index (κ2) is 6.22. The van der Waals surface area contributed by atoms with Crippen molar-refractivity contribution < 1.29 is 18.0 Å². The lowest BCUT2D eigenvalue weighted by atomic mass is 10.2. The molecular weight excluding hydrogens is 319 g/mol. The molecule has 1 heterocycles. The molecule has 118 valence electrons. The molecule has 22 heavy (non-hydrogen) atoms. The highest BCUT2D eigenvalue weighted by Crippen LogP contribution is 2.30. The van der Waals surface area contributed by atoms with Gasteiger partial charge < -0.3 is 0 Å². The lowest BCUT2D eigenvalue weighted by Crippen LogP contribution is -2.34. The largest absolute Gasteiger partial charge is 0.416 e. The Balaban J connectivity index is 1.99. The molecule has 1 amide bonds. The van der Waals surface area contributed by atoms with Gasteiger partial charge in [0.2, 0.25) is 0 Å². The molecule has 0 bridgehead atoms. The summed E-state index contributed by atoms with van der Waals surface area (Å²) in [5.74, 6) is -0.541. The van der Waals surface area contributed by atoms with E-state index in [2.05, 4.69) is 10.9 Å². The van der Waals surface area contributed by atoms with Crippen LogP contribution in [-0.4, -0.2) is 10.5 Å². The van der Waals surface area contributed by atoms with Gasteiger partial charge in [-0.1, -0.05) is 17.4 Å². The van der Waals surface area contributed by atoms with Crippen LogP contribution in [0.25, 0.3) is 0 Å². The van der Waals surface area contributed by atoms with Crippen LogP contribution in [-0.2, 0) is 17.5 Å². The molecule has 1 aromatic carbocycles. The molecular formula is C13H12F3N3O2S. The number of aryl methyl sites for hydroxylation is 1. The fourth-order valence-corrected chi connectivity index (χ4v) is 2.43. The fraction of sp³-hybridized carbons (Fsp3) is 0.231. The number of halogens is 3. The van der Waals surface area contributed by atoms with E-state index in [-0.39, 0.29) is 17.1 Å². The Bertz CT molecular complexity index is 737. The number of hydrogen-bond acceptors (Lipinski definition) is 4. The van der Waals surface area contributed by atoms with E-state index in [0.717, 1.165) is 23.5 Å². The van der Waals surface area contributed by atoms with Gasteiger partial charge in [-0.15, -0.1) is 0 Å². The predicted molar refractivity (Wildman–Crippen MR) is 76.5 cm³/mol. The van der Waals surface area contributed by atoms with Gasteiger partial charge in [0.15, 0.2) is 0 Å². The van der Waals surface area contributed by atoms with Crippen LogP contribution in [0, 0.1) is 6.92 Å². The molecule has 0 atom stereocenters. The Morgan fingerprint density at radius 1 is 1.36 bits per heavy atom. The van der Waals surface area contributed by atoms with Crippen LogP contribution in [0.2, 0.25) is 0 Å². The first-order chi connectivity index (χ1) is 10.3. The van der Waals surface area contributed by atoms with E-state index >= 15 is 0 Å². The maximum Gasteiger partial charge on any atom is 0.416 e. The van der Waals surface area contributed by atoms with Gasteiger partial charge in [-0.05, 0) is 25.1 Å². The first-order valence-corrected chi connectivity index (χ1v) is 7.02. The van der Waals surface area contributed by atoms with Gasteiger partial charge in [-0.25, -0.2) is 0 Å². The number of anilines is 1. The molecule has 2 rings (SSSR count). The van der Waals surface area contributed by atoms with Crippen molar-refractivity contribution in [2.45, 2.75) is 19.6 Å². The van der Waals surface area contributed by atoms with Crippen molar-refractivity contribution in [3.8, 4) is 0 Å². The van der Waals surface area contributed by atoms with Crippen LogP contribution in [0.1, 0.15) is 11.3 Å². The molecule has 0 aliphatic heterocycles. The van der Waals surface area contributed by atoms with Gasteiger partial charge in [0.25, 0.3) is 5.91 Å². The molecule has 0 fully saturated rings. The van der Waals surface area contributed by atoms with Crippen molar-refractivity contribution >= 4 is 22.9 Å². The third-order valence-electron chi connectivity index (χ3n) is 2.81. The van der Waals surface area contributed by atoms with Gasteiger partial charge in [-0.3, -0.25) is 25.0 Å². The Kier molecular flexibility index (Phi) is 4.55. The van der Waals surface area contributed by atoms with Crippen LogP contribution in [0.4, 0.5) is 18.9 Å². The summed E-state index contributed by atoms with van der Waals surface area (Å²) in [6, 6.07) is 4.42. The highest BCUT2D eigenvalue weighted by molar-refractivity contribution is 7.07. The minimum absolute atomic E-state index is 0.0950. The van der Waals surface area contributed by atoms with E-state index in [1.54, 1.807) is 12.3 Å². The molecule has 0 radical (unpaired) electrons. The maximum atomic E-state index is 12.6. The summed E-state index contributed by atoms with van der Waals surface area (Å²) in [7, 11) is 0. The van der Waals surface area contributed by atoms with Crippen molar-refractivity contribution in [1.29, 1.82) is 0 Å². The average molecular weight is 331 g/mol. The molecule has 0 aliphatic rings. The minimum atomic E-state index is -4.46. The number of hydrazine groups is 1. The molecule has 0 spiro atoms. The van der Waals surface area contributed by atoms with E-state index in [0.29, 0.717) is 5.69 Å². The number of alkyl halides is 3. The highest BCUT2D eigenvalue weighted by Gasteiger charge is 2.30. The molecule has 1 aromatic heterocycles. The number of rotatable bonds is 4. The summed E-state index contributed by atoms with van der Waals surface area (Å²) in [4.78, 5) is 22.9. The number of hydrogen-bond donors (Lipinski definition) is 2. The van der Waals surface area contributed by atoms with Crippen molar-refractivity contribution in [2.24, 2.45) is 0 Å². The van der Waals surface area contributed by atoms with Crippen molar-refractivity contribution in [3.63, 3.8) is 0 Å². The zero-order valence-corrected chi connectivity index (χ0v) is 12.2. The number of thiazole rings is 1. The summed E-state index contributed by atoms with van der Waals surface area (Å²) in [5.41, 5.74) is 4.57. The van der Waals surface area contributed by atoms with Gasteiger partial charge in [0.1, 0.15) is 6.54 Å². The first kappa shape index (κ1) is 16.1. The molecule has 9 heteroatoms. The fourth-order valence-electron chi connectivity index (χ4n) is 1.69. The second-order valence-corrected chi connectivity index (χ2v) is 5.30. The van der Waals surface area contributed by atoms with Crippen LogP contribution >= 0.6 is 11.3 Å². The smallest absolute Gasteiger partial charge is 0.299 e. The summed E-state index contributed by atoms with van der Waals surface area (Å²) >= 11 is 0.974. The van der Waals surface area contributed by atoms with Crippen molar-refractivity contribution in [1.82, 2.24) is 9.99 Å². The summed E-state index contributed by atoms with van der Waals surface area (Å²) < 4.78 is 38.9. The van der Waals surface area contributed by atoms with Crippen molar-refractivity contribution in [3.05, 3.63) is 50.6 Å². The molecule has 2 aromatic rings. The first-order valence-electron chi connectivity index (χ1n) is 6.14. The van der Waals surface area contributed by atoms with E-state index in [4.69, 9.17) is 0 Å². The van der Waals surface area contributed by atoms with Crippen LogP contribution < -0.4 is 15.7 Å². The quantitative estimate of drug-likeness (QED) is 0.846.